The zero-order chi connectivity index (χ0) is 10.5. The van der Waals surface area contributed by atoms with E-state index in [-0.39, 0.29) is 0 Å². The van der Waals surface area contributed by atoms with E-state index in [0.29, 0.717) is 0 Å². The van der Waals surface area contributed by atoms with Gasteiger partial charge in [-0.3, -0.25) is 0 Å². The second kappa shape index (κ2) is 5.32. The zero-order valence-electron chi connectivity index (χ0n) is 9.33. The summed E-state index contributed by atoms with van der Waals surface area (Å²) < 4.78 is 0. The average molecular weight is 218 g/mol. The second-order valence-electron chi connectivity index (χ2n) is 4.10. The Kier molecular flexibility index (Phi) is 3.79. The van der Waals surface area contributed by atoms with Gasteiger partial charge in [-0.25, -0.2) is 0 Å². The lowest BCUT2D eigenvalue weighted by molar-refractivity contribution is 0.668. The van der Waals surface area contributed by atoms with Crippen molar-refractivity contribution in [1.82, 2.24) is 0 Å². The summed E-state index contributed by atoms with van der Waals surface area (Å²) in [4.78, 5) is 0. The van der Waals surface area contributed by atoms with Crippen molar-refractivity contribution in [3.63, 3.8) is 0 Å². The van der Waals surface area contributed by atoms with Crippen LogP contribution in [-0.4, -0.2) is 0 Å². The molecular weight excluding hydrogens is 200 g/mol. The van der Waals surface area contributed by atoms with Crippen LogP contribution in [0, 0.1) is 0 Å². The molecule has 0 unspecified atom stereocenters. The fourth-order valence-electron chi connectivity index (χ4n) is 2.01. The lowest BCUT2D eigenvalue weighted by Gasteiger charge is -2.02. The Hall–Kier alpha value is -0.820. The van der Waals surface area contributed by atoms with Crippen LogP contribution in [-0.2, 0) is 6.42 Å². The van der Waals surface area contributed by atoms with Gasteiger partial charge in [0.2, 0.25) is 0 Å². The number of rotatable bonds is 5. The predicted molar refractivity (Wildman–Crippen MR) is 69.7 cm³/mol. The number of hydrogen-bond donors (Lipinski definition) is 0. The number of thiophene rings is 1. The first-order valence-corrected chi connectivity index (χ1v) is 6.80. The third-order valence-electron chi connectivity index (χ3n) is 2.91. The van der Waals surface area contributed by atoms with Gasteiger partial charge in [0.25, 0.3) is 0 Å². The van der Waals surface area contributed by atoms with Crippen molar-refractivity contribution in [2.45, 2.75) is 39.0 Å². The van der Waals surface area contributed by atoms with Crippen molar-refractivity contribution >= 4 is 22.1 Å². The predicted octanol–water partition coefficient (Wildman–Crippen LogP) is 5.02. The minimum Gasteiger partial charge on any atom is -0.151 e. The molecule has 0 amide bonds. The normalized spacial score (nSPS) is 11.0. The number of aryl methyl sites for hydroxylation is 1. The largest absolute Gasteiger partial charge is 0.151 e. The molecule has 0 fully saturated rings. The molecule has 0 N–H and O–H groups in total. The fourth-order valence-corrected chi connectivity index (χ4v) is 2.86. The molecule has 1 aromatic carbocycles. The topological polar surface area (TPSA) is 0 Å². The van der Waals surface area contributed by atoms with E-state index in [2.05, 4.69) is 35.9 Å². The van der Waals surface area contributed by atoms with Crippen LogP contribution in [0.4, 0.5) is 0 Å². The molecule has 80 valence electrons. The van der Waals surface area contributed by atoms with Crippen LogP contribution in [0.5, 0.6) is 0 Å². The maximum Gasteiger partial charge on any atom is -0.00117 e. The van der Waals surface area contributed by atoms with E-state index < -0.39 is 0 Å². The number of fused-ring (bicyclic) bond motifs is 1. The monoisotopic (exact) mass is 218 g/mol. The van der Waals surface area contributed by atoms with Gasteiger partial charge in [0.05, 0.1) is 0 Å². The number of hydrogen-bond acceptors (Lipinski definition) is 1. The lowest BCUT2D eigenvalue weighted by atomic mass is 10.0. The summed E-state index contributed by atoms with van der Waals surface area (Å²) in [6.45, 7) is 2.26. The Balaban J connectivity index is 2.04. The van der Waals surface area contributed by atoms with Crippen molar-refractivity contribution < 1.29 is 0 Å². The molecule has 0 nitrogen and oxygen atoms in total. The summed E-state index contributed by atoms with van der Waals surface area (Å²) in [5, 5.41) is 7.40. The molecular formula is C14H18S. The number of unbranched alkanes of at least 4 members (excludes halogenated alkanes) is 3. The Bertz CT molecular complexity index is 414. The molecule has 0 atom stereocenters. The Morgan fingerprint density at radius 3 is 2.87 bits per heavy atom. The first-order valence-electron chi connectivity index (χ1n) is 5.85. The molecule has 0 bridgehead atoms. The van der Waals surface area contributed by atoms with Gasteiger partial charge in [-0.15, -0.1) is 0 Å². The van der Waals surface area contributed by atoms with E-state index in [4.69, 9.17) is 0 Å². The zero-order valence-corrected chi connectivity index (χ0v) is 10.1. The first-order chi connectivity index (χ1) is 7.42. The first kappa shape index (κ1) is 10.7. The summed E-state index contributed by atoms with van der Waals surface area (Å²) in [5.41, 5.74) is 1.53. The van der Waals surface area contributed by atoms with Crippen LogP contribution < -0.4 is 0 Å². The molecule has 1 heterocycles. The Labute approximate surface area is 95.9 Å². The summed E-state index contributed by atoms with van der Waals surface area (Å²) in [6, 6.07) is 6.67. The van der Waals surface area contributed by atoms with Gasteiger partial charge in [0.15, 0.2) is 0 Å². The van der Waals surface area contributed by atoms with Gasteiger partial charge < -0.3 is 0 Å². The highest BCUT2D eigenvalue weighted by molar-refractivity contribution is 7.09. The SMILES string of the molecule is CCCCCCc1cccc2cscc12. The smallest absolute Gasteiger partial charge is 0.00117 e. The Morgan fingerprint density at radius 1 is 1.07 bits per heavy atom. The van der Waals surface area contributed by atoms with Crippen molar-refractivity contribution in [2.24, 2.45) is 0 Å². The summed E-state index contributed by atoms with van der Waals surface area (Å²) >= 11 is 1.81. The van der Waals surface area contributed by atoms with Gasteiger partial charge >= 0.3 is 0 Å². The van der Waals surface area contributed by atoms with Gasteiger partial charge in [0, 0.05) is 0 Å². The van der Waals surface area contributed by atoms with Gasteiger partial charge in [-0.05, 0) is 39.9 Å². The van der Waals surface area contributed by atoms with E-state index >= 15 is 0 Å². The van der Waals surface area contributed by atoms with Crippen molar-refractivity contribution in [1.29, 1.82) is 0 Å². The maximum atomic E-state index is 2.28. The minimum absolute atomic E-state index is 1.24. The average Bonchev–Trinajstić information content (AvgIpc) is 2.73. The molecule has 0 radical (unpaired) electrons. The van der Waals surface area contributed by atoms with E-state index in [1.54, 1.807) is 0 Å². The highest BCUT2D eigenvalue weighted by atomic mass is 32.1. The molecule has 2 aromatic rings. The number of benzene rings is 1. The second-order valence-corrected chi connectivity index (χ2v) is 4.85. The third-order valence-corrected chi connectivity index (χ3v) is 3.67. The molecule has 15 heavy (non-hydrogen) atoms. The molecule has 0 aliphatic rings. The molecule has 0 saturated carbocycles. The van der Waals surface area contributed by atoms with Crippen LogP contribution >= 0.6 is 11.3 Å². The molecule has 1 heteroatoms. The molecule has 2 rings (SSSR count). The van der Waals surface area contributed by atoms with E-state index in [9.17, 15) is 0 Å². The van der Waals surface area contributed by atoms with Crippen LogP contribution in [0.15, 0.2) is 29.0 Å². The standard InChI is InChI=1S/C14H18S/c1-2-3-4-5-7-12-8-6-9-13-10-15-11-14(12)13/h6,8-11H,2-5,7H2,1H3. The summed E-state index contributed by atoms with van der Waals surface area (Å²) in [5.74, 6) is 0. The Morgan fingerprint density at radius 2 is 2.00 bits per heavy atom. The summed E-state index contributed by atoms with van der Waals surface area (Å²) in [6.07, 6.45) is 6.65. The highest BCUT2D eigenvalue weighted by Crippen LogP contribution is 2.24. The highest BCUT2D eigenvalue weighted by Gasteiger charge is 2.00. The minimum atomic E-state index is 1.24. The molecule has 1 aromatic heterocycles. The van der Waals surface area contributed by atoms with Crippen LogP contribution in [0.2, 0.25) is 0 Å². The van der Waals surface area contributed by atoms with Gasteiger partial charge in [-0.2, -0.15) is 11.3 Å². The van der Waals surface area contributed by atoms with E-state index in [1.165, 1.54) is 48.4 Å². The van der Waals surface area contributed by atoms with Crippen LogP contribution in [0.25, 0.3) is 10.8 Å². The lowest BCUT2D eigenvalue weighted by Crippen LogP contribution is -1.86. The molecule has 0 saturated heterocycles. The van der Waals surface area contributed by atoms with Gasteiger partial charge in [-0.1, -0.05) is 44.4 Å². The van der Waals surface area contributed by atoms with E-state index in [1.807, 2.05) is 11.3 Å². The summed E-state index contributed by atoms with van der Waals surface area (Å²) in [7, 11) is 0. The quantitative estimate of drug-likeness (QED) is 0.618. The van der Waals surface area contributed by atoms with Crippen molar-refractivity contribution in [2.75, 3.05) is 0 Å². The van der Waals surface area contributed by atoms with Crippen LogP contribution in [0.1, 0.15) is 38.2 Å². The van der Waals surface area contributed by atoms with Crippen LogP contribution in [0.3, 0.4) is 0 Å². The molecule has 0 spiro atoms. The molecule has 0 aliphatic heterocycles. The van der Waals surface area contributed by atoms with Crippen molar-refractivity contribution in [3.05, 3.63) is 34.5 Å². The third kappa shape index (κ3) is 2.60. The molecule has 0 aliphatic carbocycles. The maximum absolute atomic E-state index is 2.28. The van der Waals surface area contributed by atoms with Gasteiger partial charge in [0.1, 0.15) is 0 Å². The fraction of sp³-hybridized carbons (Fsp3) is 0.429. The van der Waals surface area contributed by atoms with E-state index in [0.717, 1.165) is 0 Å². The van der Waals surface area contributed by atoms with Crippen molar-refractivity contribution in [3.8, 4) is 0 Å².